The van der Waals surface area contributed by atoms with Gasteiger partial charge in [0.15, 0.2) is 0 Å². The maximum Gasteiger partial charge on any atom is 0.224 e. The van der Waals surface area contributed by atoms with E-state index < -0.39 is 0 Å². The van der Waals surface area contributed by atoms with Gasteiger partial charge in [0, 0.05) is 51.0 Å². The second kappa shape index (κ2) is 9.67. The van der Waals surface area contributed by atoms with Crippen molar-refractivity contribution in [1.82, 2.24) is 15.2 Å². The summed E-state index contributed by atoms with van der Waals surface area (Å²) in [6, 6.07) is 3.86. The Morgan fingerprint density at radius 3 is 2.77 bits per heavy atom. The summed E-state index contributed by atoms with van der Waals surface area (Å²) in [5, 5.41) is 2.94. The number of aromatic nitrogens is 1. The van der Waals surface area contributed by atoms with Crippen LogP contribution in [-0.2, 0) is 20.9 Å². The highest BCUT2D eigenvalue weighted by Gasteiger charge is 2.24. The third-order valence-electron chi connectivity index (χ3n) is 5.26. The Morgan fingerprint density at radius 1 is 1.23 bits per heavy atom. The van der Waals surface area contributed by atoms with E-state index in [9.17, 15) is 9.59 Å². The molecule has 1 aliphatic carbocycles. The highest BCUT2D eigenvalue weighted by molar-refractivity contribution is 5.80. The fourth-order valence-corrected chi connectivity index (χ4v) is 3.78. The van der Waals surface area contributed by atoms with E-state index in [2.05, 4.69) is 10.3 Å². The number of carbonyl (C=O) groups excluding carboxylic acids is 2. The number of nitrogens with one attached hydrogen (secondary N) is 1. The molecule has 2 fully saturated rings. The van der Waals surface area contributed by atoms with Crippen molar-refractivity contribution in [2.24, 2.45) is 5.92 Å². The van der Waals surface area contributed by atoms with Crippen molar-refractivity contribution in [2.45, 2.75) is 57.6 Å². The normalized spacial score (nSPS) is 20.2. The number of rotatable bonds is 8. The van der Waals surface area contributed by atoms with E-state index in [1.54, 1.807) is 12.4 Å². The van der Waals surface area contributed by atoms with Crippen LogP contribution in [0, 0.1) is 5.92 Å². The number of hydrogen-bond donors (Lipinski definition) is 1. The molecule has 1 saturated heterocycles. The molecule has 0 bridgehead atoms. The van der Waals surface area contributed by atoms with E-state index in [0.717, 1.165) is 50.7 Å². The SMILES string of the molecule is O=C(NCCC(=O)N(Cc1cccnc1)C[C@H]1CCCO1)C1CCCC1. The minimum atomic E-state index is 0.0519. The highest BCUT2D eigenvalue weighted by Crippen LogP contribution is 2.24. The molecule has 6 heteroatoms. The molecule has 0 unspecified atom stereocenters. The molecule has 2 amide bonds. The Kier molecular flexibility index (Phi) is 7.00. The molecule has 142 valence electrons. The van der Waals surface area contributed by atoms with E-state index in [1.165, 1.54) is 0 Å². The Bertz CT molecular complexity index is 581. The highest BCUT2D eigenvalue weighted by atomic mass is 16.5. The van der Waals surface area contributed by atoms with Crippen LogP contribution in [0.1, 0.15) is 50.5 Å². The Morgan fingerprint density at radius 2 is 2.08 bits per heavy atom. The van der Waals surface area contributed by atoms with E-state index in [4.69, 9.17) is 4.74 Å². The summed E-state index contributed by atoms with van der Waals surface area (Å²) in [6.07, 6.45) is 10.2. The molecule has 1 N–H and O–H groups in total. The van der Waals surface area contributed by atoms with Crippen LogP contribution in [0.4, 0.5) is 0 Å². The Balaban J connectivity index is 1.50. The minimum absolute atomic E-state index is 0.0519. The van der Waals surface area contributed by atoms with Gasteiger partial charge in [0.1, 0.15) is 0 Å². The van der Waals surface area contributed by atoms with E-state index in [0.29, 0.717) is 26.1 Å². The summed E-state index contributed by atoms with van der Waals surface area (Å²) in [5.74, 6) is 0.299. The maximum atomic E-state index is 12.7. The van der Waals surface area contributed by atoms with Gasteiger partial charge in [-0.1, -0.05) is 18.9 Å². The summed E-state index contributed by atoms with van der Waals surface area (Å²) in [6.45, 7) is 2.31. The van der Waals surface area contributed by atoms with Crippen LogP contribution in [0.3, 0.4) is 0 Å². The second-order valence-electron chi connectivity index (χ2n) is 7.29. The molecule has 1 aromatic heterocycles. The van der Waals surface area contributed by atoms with Crippen molar-refractivity contribution in [1.29, 1.82) is 0 Å². The lowest BCUT2D eigenvalue weighted by atomic mass is 10.1. The molecule has 0 spiro atoms. The number of ether oxygens (including phenoxy) is 1. The fraction of sp³-hybridized carbons (Fsp3) is 0.650. The largest absolute Gasteiger partial charge is 0.376 e. The lowest BCUT2D eigenvalue weighted by Crippen LogP contribution is -2.39. The molecule has 1 aromatic rings. The van der Waals surface area contributed by atoms with Crippen LogP contribution in [0.25, 0.3) is 0 Å². The van der Waals surface area contributed by atoms with Crippen molar-refractivity contribution in [3.8, 4) is 0 Å². The zero-order chi connectivity index (χ0) is 18.2. The van der Waals surface area contributed by atoms with Gasteiger partial charge >= 0.3 is 0 Å². The molecule has 0 radical (unpaired) electrons. The van der Waals surface area contributed by atoms with Crippen molar-refractivity contribution < 1.29 is 14.3 Å². The third kappa shape index (κ3) is 5.53. The number of amides is 2. The molecule has 26 heavy (non-hydrogen) atoms. The van der Waals surface area contributed by atoms with Gasteiger partial charge in [0.05, 0.1) is 6.10 Å². The average Bonchev–Trinajstić information content (AvgIpc) is 3.36. The smallest absolute Gasteiger partial charge is 0.224 e. The van der Waals surface area contributed by atoms with Crippen LogP contribution in [0.2, 0.25) is 0 Å². The predicted molar refractivity (Wildman–Crippen MR) is 98.2 cm³/mol. The first-order valence-corrected chi connectivity index (χ1v) is 9.78. The molecule has 1 saturated carbocycles. The van der Waals surface area contributed by atoms with Crippen LogP contribution in [0.5, 0.6) is 0 Å². The molecule has 1 aliphatic heterocycles. The lowest BCUT2D eigenvalue weighted by Gasteiger charge is -2.26. The number of hydrogen-bond acceptors (Lipinski definition) is 4. The molecular weight excluding hydrogens is 330 g/mol. The first-order valence-electron chi connectivity index (χ1n) is 9.78. The van der Waals surface area contributed by atoms with Gasteiger partial charge in [-0.2, -0.15) is 0 Å². The third-order valence-corrected chi connectivity index (χ3v) is 5.26. The predicted octanol–water partition coefficient (Wildman–Crippen LogP) is 2.29. The average molecular weight is 359 g/mol. The van der Waals surface area contributed by atoms with Gasteiger partial charge in [-0.15, -0.1) is 0 Å². The Hall–Kier alpha value is -1.95. The zero-order valence-electron chi connectivity index (χ0n) is 15.4. The monoisotopic (exact) mass is 359 g/mol. The van der Waals surface area contributed by atoms with Gasteiger partial charge in [-0.3, -0.25) is 14.6 Å². The minimum Gasteiger partial charge on any atom is -0.376 e. The quantitative estimate of drug-likeness (QED) is 0.773. The molecule has 3 rings (SSSR count). The zero-order valence-corrected chi connectivity index (χ0v) is 15.4. The maximum absolute atomic E-state index is 12.7. The van der Waals surface area contributed by atoms with Gasteiger partial charge in [-0.05, 0) is 37.3 Å². The molecule has 6 nitrogen and oxygen atoms in total. The van der Waals surface area contributed by atoms with Crippen molar-refractivity contribution in [3.63, 3.8) is 0 Å². The van der Waals surface area contributed by atoms with Crippen LogP contribution >= 0.6 is 0 Å². The molecule has 0 aromatic carbocycles. The van der Waals surface area contributed by atoms with Gasteiger partial charge in [-0.25, -0.2) is 0 Å². The van der Waals surface area contributed by atoms with E-state index in [-0.39, 0.29) is 23.8 Å². The summed E-state index contributed by atoms with van der Waals surface area (Å²) in [7, 11) is 0. The van der Waals surface area contributed by atoms with Gasteiger partial charge < -0.3 is 15.0 Å². The molecular formula is C20H29N3O3. The summed E-state index contributed by atoms with van der Waals surface area (Å²) in [5.41, 5.74) is 1.01. The van der Waals surface area contributed by atoms with E-state index in [1.807, 2.05) is 17.0 Å². The number of nitrogens with zero attached hydrogens (tertiary/aromatic N) is 2. The van der Waals surface area contributed by atoms with Crippen molar-refractivity contribution in [2.75, 3.05) is 19.7 Å². The summed E-state index contributed by atoms with van der Waals surface area (Å²) < 4.78 is 5.70. The van der Waals surface area contributed by atoms with Crippen LogP contribution in [0.15, 0.2) is 24.5 Å². The molecule has 1 atom stereocenters. The van der Waals surface area contributed by atoms with Gasteiger partial charge in [0.25, 0.3) is 0 Å². The lowest BCUT2D eigenvalue weighted by molar-refractivity contribution is -0.133. The first-order chi connectivity index (χ1) is 12.7. The van der Waals surface area contributed by atoms with Crippen LogP contribution < -0.4 is 5.32 Å². The summed E-state index contributed by atoms with van der Waals surface area (Å²) >= 11 is 0. The number of carbonyl (C=O) groups is 2. The van der Waals surface area contributed by atoms with Crippen molar-refractivity contribution >= 4 is 11.8 Å². The topological polar surface area (TPSA) is 71.5 Å². The van der Waals surface area contributed by atoms with Crippen LogP contribution in [-0.4, -0.2) is 47.5 Å². The Labute approximate surface area is 155 Å². The fourth-order valence-electron chi connectivity index (χ4n) is 3.78. The molecule has 2 heterocycles. The van der Waals surface area contributed by atoms with Crippen molar-refractivity contribution in [3.05, 3.63) is 30.1 Å². The molecule has 2 aliphatic rings. The van der Waals surface area contributed by atoms with Gasteiger partial charge in [0.2, 0.25) is 11.8 Å². The standard InChI is InChI=1S/C20H29N3O3/c24-19(9-11-22-20(25)17-6-1-2-7-17)23(15-18-8-4-12-26-18)14-16-5-3-10-21-13-16/h3,5,10,13,17-18H,1-2,4,6-9,11-12,14-15H2,(H,22,25)/t18-/m1/s1. The first kappa shape index (κ1) is 18.8. The summed E-state index contributed by atoms with van der Waals surface area (Å²) in [4.78, 5) is 30.8. The van der Waals surface area contributed by atoms with E-state index >= 15 is 0 Å². The second-order valence-corrected chi connectivity index (χ2v) is 7.29. The number of pyridine rings is 1.